The molecule has 2 heterocycles. The number of carbonyl (C=O) groups excluding carboxylic acids is 1. The Balaban J connectivity index is 1.71. The second-order valence-corrected chi connectivity index (χ2v) is 6.11. The van der Waals surface area contributed by atoms with Crippen molar-refractivity contribution in [2.24, 2.45) is 0 Å². The van der Waals surface area contributed by atoms with Gasteiger partial charge >= 0.3 is 0 Å². The number of rotatable bonds is 3. The number of halogens is 1. The lowest BCUT2D eigenvalue weighted by Gasteiger charge is -2.08. The van der Waals surface area contributed by atoms with Crippen molar-refractivity contribution in [3.05, 3.63) is 50.6 Å². The number of ketones is 1. The van der Waals surface area contributed by atoms with E-state index >= 15 is 0 Å². The van der Waals surface area contributed by atoms with Crippen LogP contribution < -0.4 is 4.74 Å². The Morgan fingerprint density at radius 1 is 1.39 bits per heavy atom. The van der Waals surface area contributed by atoms with Crippen LogP contribution in [0.2, 0.25) is 0 Å². The summed E-state index contributed by atoms with van der Waals surface area (Å²) in [6.07, 6.45) is 0.811. The predicted octanol–water partition coefficient (Wildman–Crippen LogP) is 3.63. The van der Waals surface area contributed by atoms with Crippen LogP contribution in [0.4, 0.5) is 0 Å². The Morgan fingerprint density at radius 3 is 2.94 bits per heavy atom. The van der Waals surface area contributed by atoms with Gasteiger partial charge in [0.15, 0.2) is 11.9 Å². The van der Waals surface area contributed by atoms with E-state index in [0.717, 1.165) is 20.7 Å². The highest BCUT2D eigenvalue weighted by Crippen LogP contribution is 2.30. The summed E-state index contributed by atoms with van der Waals surface area (Å²) < 4.78 is 6.71. The van der Waals surface area contributed by atoms with E-state index in [1.807, 2.05) is 35.7 Å². The minimum Gasteiger partial charge on any atom is -0.482 e. The summed E-state index contributed by atoms with van der Waals surface area (Å²) in [5.74, 6) is 0.996. The van der Waals surface area contributed by atoms with Crippen LogP contribution in [0.15, 0.2) is 40.2 Å². The number of benzene rings is 1. The number of carbonyl (C=O) groups is 1. The van der Waals surface area contributed by atoms with Crippen molar-refractivity contribution < 1.29 is 9.53 Å². The largest absolute Gasteiger partial charge is 0.482 e. The Morgan fingerprint density at radius 2 is 2.22 bits per heavy atom. The molecule has 0 N–H and O–H groups in total. The van der Waals surface area contributed by atoms with Gasteiger partial charge in [-0.15, -0.1) is 11.3 Å². The molecule has 0 aliphatic carbocycles. The molecule has 2 nitrogen and oxygen atoms in total. The van der Waals surface area contributed by atoms with E-state index in [1.54, 1.807) is 11.3 Å². The third-order valence-electron chi connectivity index (χ3n) is 3.03. The molecule has 0 fully saturated rings. The van der Waals surface area contributed by atoms with E-state index in [9.17, 15) is 4.79 Å². The van der Waals surface area contributed by atoms with Gasteiger partial charge in [-0.3, -0.25) is 4.79 Å². The van der Waals surface area contributed by atoms with Gasteiger partial charge < -0.3 is 4.74 Å². The fraction of sp³-hybridized carbons (Fsp3) is 0.214. The van der Waals surface area contributed by atoms with Crippen molar-refractivity contribution >= 4 is 33.0 Å². The number of Topliss-reactive ketones (excluding diaryl/α,β-unsaturated/α-hetero) is 1. The van der Waals surface area contributed by atoms with Gasteiger partial charge in [0.2, 0.25) is 0 Å². The molecule has 1 unspecified atom stereocenters. The minimum absolute atomic E-state index is 0.148. The van der Waals surface area contributed by atoms with Crippen molar-refractivity contribution in [2.75, 3.05) is 0 Å². The molecule has 1 aromatic heterocycles. The normalized spacial score (nSPS) is 17.3. The van der Waals surface area contributed by atoms with Crippen LogP contribution in [-0.4, -0.2) is 11.9 Å². The summed E-state index contributed by atoms with van der Waals surface area (Å²) in [4.78, 5) is 13.3. The van der Waals surface area contributed by atoms with E-state index in [1.165, 1.54) is 0 Å². The molecule has 0 amide bonds. The third kappa shape index (κ3) is 2.22. The lowest BCUT2D eigenvalue weighted by atomic mass is 10.1. The second kappa shape index (κ2) is 4.86. The van der Waals surface area contributed by atoms with Gasteiger partial charge in [-0.2, -0.15) is 0 Å². The van der Waals surface area contributed by atoms with Crippen LogP contribution >= 0.6 is 27.3 Å². The topological polar surface area (TPSA) is 26.3 Å². The van der Waals surface area contributed by atoms with Gasteiger partial charge in [-0.25, -0.2) is 0 Å². The van der Waals surface area contributed by atoms with Gasteiger partial charge in [-0.1, -0.05) is 18.2 Å². The van der Waals surface area contributed by atoms with Crippen LogP contribution in [0.25, 0.3) is 0 Å². The van der Waals surface area contributed by atoms with Crippen LogP contribution in [0.5, 0.6) is 5.75 Å². The first-order chi connectivity index (χ1) is 8.74. The smallest absolute Gasteiger partial charge is 0.178 e. The van der Waals surface area contributed by atoms with Crippen LogP contribution in [0.1, 0.15) is 10.4 Å². The van der Waals surface area contributed by atoms with Gasteiger partial charge in [0.25, 0.3) is 0 Å². The fourth-order valence-corrected chi connectivity index (χ4v) is 3.59. The average Bonchev–Trinajstić information content (AvgIpc) is 2.96. The molecule has 1 atom stereocenters. The highest BCUT2D eigenvalue weighted by Gasteiger charge is 2.28. The van der Waals surface area contributed by atoms with Crippen LogP contribution in [-0.2, 0) is 17.6 Å². The molecule has 0 saturated heterocycles. The van der Waals surface area contributed by atoms with Crippen molar-refractivity contribution in [3.63, 3.8) is 0 Å². The first-order valence-corrected chi connectivity index (χ1v) is 7.40. The van der Waals surface area contributed by atoms with Crippen molar-refractivity contribution in [2.45, 2.75) is 18.9 Å². The summed E-state index contributed by atoms with van der Waals surface area (Å²) in [6, 6.07) is 9.82. The zero-order chi connectivity index (χ0) is 12.5. The van der Waals surface area contributed by atoms with Crippen molar-refractivity contribution in [1.29, 1.82) is 0 Å². The zero-order valence-corrected chi connectivity index (χ0v) is 12.0. The van der Waals surface area contributed by atoms with Gasteiger partial charge in [0, 0.05) is 22.2 Å². The quantitative estimate of drug-likeness (QED) is 0.862. The molecule has 1 aliphatic heterocycles. The summed E-state index contributed by atoms with van der Waals surface area (Å²) in [5.41, 5.74) is 1.13. The molecule has 0 saturated carbocycles. The lowest BCUT2D eigenvalue weighted by Crippen LogP contribution is -2.26. The highest BCUT2D eigenvalue weighted by molar-refractivity contribution is 9.10. The maximum atomic E-state index is 12.2. The van der Waals surface area contributed by atoms with Crippen molar-refractivity contribution in [1.82, 2.24) is 0 Å². The van der Waals surface area contributed by atoms with Gasteiger partial charge in [-0.05, 0) is 39.0 Å². The van der Waals surface area contributed by atoms with Gasteiger partial charge in [0.1, 0.15) is 5.75 Å². The molecular weight excluding hydrogens is 312 g/mol. The van der Waals surface area contributed by atoms with E-state index < -0.39 is 0 Å². The maximum absolute atomic E-state index is 12.2. The molecule has 92 valence electrons. The van der Waals surface area contributed by atoms with E-state index in [-0.39, 0.29) is 11.9 Å². The van der Waals surface area contributed by atoms with Gasteiger partial charge in [0.05, 0.1) is 0 Å². The van der Waals surface area contributed by atoms with E-state index in [0.29, 0.717) is 12.8 Å². The van der Waals surface area contributed by atoms with E-state index in [4.69, 9.17) is 4.74 Å². The number of para-hydroxylation sites is 1. The van der Waals surface area contributed by atoms with E-state index in [2.05, 4.69) is 15.9 Å². The first kappa shape index (κ1) is 11.9. The fourth-order valence-electron chi connectivity index (χ4n) is 2.08. The summed E-state index contributed by atoms with van der Waals surface area (Å²) >= 11 is 5.05. The molecule has 0 bridgehead atoms. The van der Waals surface area contributed by atoms with Crippen LogP contribution in [0.3, 0.4) is 0 Å². The number of fused-ring (bicyclic) bond motifs is 1. The summed E-state index contributed by atoms with van der Waals surface area (Å²) in [5, 5.41) is 1.98. The zero-order valence-electron chi connectivity index (χ0n) is 9.56. The Bertz CT molecular complexity index is 566. The molecule has 1 aromatic carbocycles. The Labute approximate surface area is 118 Å². The standard InChI is InChI=1S/C14H11BrO2S/c15-10-5-6-18-14(10)8-11(16)13-7-9-3-1-2-4-12(9)17-13/h1-6,13H,7-8H2. The number of thiophene rings is 1. The molecule has 4 heteroatoms. The third-order valence-corrected chi connectivity index (χ3v) is 4.96. The minimum atomic E-state index is -0.323. The monoisotopic (exact) mass is 322 g/mol. The molecule has 2 aromatic rings. The lowest BCUT2D eigenvalue weighted by molar-refractivity contribution is -0.124. The summed E-state index contributed by atoms with van der Waals surface area (Å²) in [7, 11) is 0. The number of hydrogen-bond donors (Lipinski definition) is 0. The number of hydrogen-bond acceptors (Lipinski definition) is 3. The molecule has 3 rings (SSSR count). The molecule has 0 radical (unpaired) electrons. The molecule has 1 aliphatic rings. The number of ether oxygens (including phenoxy) is 1. The predicted molar refractivity (Wildman–Crippen MR) is 75.3 cm³/mol. The van der Waals surface area contributed by atoms with Crippen molar-refractivity contribution in [3.8, 4) is 5.75 Å². The summed E-state index contributed by atoms with van der Waals surface area (Å²) in [6.45, 7) is 0. The molecular formula is C14H11BrO2S. The Kier molecular flexibility index (Phi) is 3.22. The second-order valence-electron chi connectivity index (χ2n) is 4.25. The maximum Gasteiger partial charge on any atom is 0.178 e. The SMILES string of the molecule is O=C(Cc1sccc1Br)C1Cc2ccccc2O1. The molecule has 18 heavy (non-hydrogen) atoms. The van der Waals surface area contributed by atoms with Crippen LogP contribution in [0, 0.1) is 0 Å². The Hall–Kier alpha value is -1.13. The highest BCUT2D eigenvalue weighted by atomic mass is 79.9. The first-order valence-electron chi connectivity index (χ1n) is 5.73. The molecule has 0 spiro atoms. The average molecular weight is 323 g/mol.